The van der Waals surface area contributed by atoms with Crippen LogP contribution in [-0.2, 0) is 16.4 Å². The third kappa shape index (κ3) is 5.89. The maximum Gasteiger partial charge on any atom is 0.251 e. The van der Waals surface area contributed by atoms with Crippen LogP contribution >= 0.6 is 15.9 Å². The van der Waals surface area contributed by atoms with Crippen LogP contribution in [0.4, 0.5) is 0 Å². The first-order valence-electron chi connectivity index (χ1n) is 9.01. The summed E-state index contributed by atoms with van der Waals surface area (Å²) in [5, 5.41) is 2.95. The van der Waals surface area contributed by atoms with Gasteiger partial charge < -0.3 is 5.32 Å². The molecular formula is C20H23BrN2O3S. The van der Waals surface area contributed by atoms with Crippen molar-refractivity contribution in [3.8, 4) is 0 Å². The van der Waals surface area contributed by atoms with Crippen molar-refractivity contribution < 1.29 is 13.2 Å². The van der Waals surface area contributed by atoms with Crippen LogP contribution in [0.2, 0.25) is 0 Å². The van der Waals surface area contributed by atoms with Gasteiger partial charge in [-0.05, 0) is 68.5 Å². The number of nitrogens with one attached hydrogen (secondary N) is 2. The number of hydrogen-bond acceptors (Lipinski definition) is 3. The van der Waals surface area contributed by atoms with E-state index in [0.29, 0.717) is 5.56 Å². The summed E-state index contributed by atoms with van der Waals surface area (Å²) < 4.78 is 28.3. The summed E-state index contributed by atoms with van der Waals surface area (Å²) in [6.45, 7) is 1.95. The van der Waals surface area contributed by atoms with Crippen molar-refractivity contribution in [2.24, 2.45) is 0 Å². The minimum absolute atomic E-state index is 0.0222. The van der Waals surface area contributed by atoms with Crippen LogP contribution in [0.5, 0.6) is 0 Å². The molecule has 0 radical (unpaired) electrons. The SMILES string of the molecule is CC(CCc1ccc(Br)cc1)NC(=O)c1cccc(S(=O)(=O)NC2CC2)c1. The number of rotatable bonds is 8. The first kappa shape index (κ1) is 20.0. The summed E-state index contributed by atoms with van der Waals surface area (Å²) in [6.07, 6.45) is 3.40. The Morgan fingerprint density at radius 1 is 1.19 bits per heavy atom. The summed E-state index contributed by atoms with van der Waals surface area (Å²) >= 11 is 3.42. The first-order valence-corrected chi connectivity index (χ1v) is 11.3. The van der Waals surface area contributed by atoms with Gasteiger partial charge in [0.1, 0.15) is 0 Å². The summed E-state index contributed by atoms with van der Waals surface area (Å²) in [7, 11) is -3.57. The highest BCUT2D eigenvalue weighted by Crippen LogP contribution is 2.22. The normalized spacial score (nSPS) is 15.3. The van der Waals surface area contributed by atoms with E-state index in [1.807, 2.05) is 19.1 Å². The van der Waals surface area contributed by atoms with E-state index in [1.165, 1.54) is 17.7 Å². The number of benzene rings is 2. The second-order valence-electron chi connectivity index (χ2n) is 6.96. The quantitative estimate of drug-likeness (QED) is 0.644. The highest BCUT2D eigenvalue weighted by atomic mass is 79.9. The van der Waals surface area contributed by atoms with Gasteiger partial charge in [-0.15, -0.1) is 0 Å². The maximum absolute atomic E-state index is 12.5. The molecule has 1 unspecified atom stereocenters. The van der Waals surface area contributed by atoms with Gasteiger partial charge in [0, 0.05) is 22.1 Å². The zero-order chi connectivity index (χ0) is 19.4. The third-order valence-electron chi connectivity index (χ3n) is 4.46. The minimum Gasteiger partial charge on any atom is -0.350 e. The van der Waals surface area contributed by atoms with E-state index in [-0.39, 0.29) is 22.9 Å². The molecule has 2 N–H and O–H groups in total. The molecule has 0 bridgehead atoms. The summed E-state index contributed by atoms with van der Waals surface area (Å²) in [6, 6.07) is 14.3. The number of aryl methyl sites for hydroxylation is 1. The van der Waals surface area contributed by atoms with Gasteiger partial charge in [0.15, 0.2) is 0 Å². The molecule has 0 aromatic heterocycles. The monoisotopic (exact) mass is 450 g/mol. The smallest absolute Gasteiger partial charge is 0.251 e. The zero-order valence-corrected chi connectivity index (χ0v) is 17.5. The van der Waals surface area contributed by atoms with Crippen LogP contribution < -0.4 is 10.0 Å². The lowest BCUT2D eigenvalue weighted by atomic mass is 10.1. The lowest BCUT2D eigenvalue weighted by molar-refractivity contribution is 0.0938. The van der Waals surface area contributed by atoms with Crippen molar-refractivity contribution in [3.05, 3.63) is 64.1 Å². The van der Waals surface area contributed by atoms with Gasteiger partial charge in [-0.1, -0.05) is 34.1 Å². The number of amides is 1. The molecule has 5 nitrogen and oxygen atoms in total. The standard InChI is InChI=1S/C20H23BrN2O3S/c1-14(5-6-15-7-9-17(21)10-8-15)22-20(24)16-3-2-4-19(13-16)27(25,26)23-18-11-12-18/h2-4,7-10,13-14,18,23H,5-6,11-12H2,1H3,(H,22,24). The van der Waals surface area contributed by atoms with Gasteiger partial charge in [-0.2, -0.15) is 0 Å². The topological polar surface area (TPSA) is 75.3 Å². The van der Waals surface area contributed by atoms with E-state index in [4.69, 9.17) is 0 Å². The number of sulfonamides is 1. The molecule has 2 aromatic rings. The fraction of sp³-hybridized carbons (Fsp3) is 0.350. The average molecular weight is 451 g/mol. The van der Waals surface area contributed by atoms with E-state index in [0.717, 1.165) is 30.2 Å². The number of carbonyl (C=O) groups excluding carboxylic acids is 1. The lowest BCUT2D eigenvalue weighted by Gasteiger charge is -2.14. The Morgan fingerprint density at radius 2 is 1.89 bits per heavy atom. The van der Waals surface area contributed by atoms with Gasteiger partial charge in [0.25, 0.3) is 5.91 Å². The van der Waals surface area contributed by atoms with Crippen LogP contribution in [0.1, 0.15) is 42.1 Å². The molecule has 2 aromatic carbocycles. The Morgan fingerprint density at radius 3 is 2.56 bits per heavy atom. The molecule has 1 aliphatic carbocycles. The molecule has 1 amide bonds. The highest BCUT2D eigenvalue weighted by molar-refractivity contribution is 9.10. The molecule has 1 aliphatic rings. The fourth-order valence-corrected chi connectivity index (χ4v) is 4.32. The van der Waals surface area contributed by atoms with Crippen molar-refractivity contribution >= 4 is 31.9 Å². The Labute approximate surface area is 168 Å². The molecule has 1 atom stereocenters. The Hall–Kier alpha value is -1.70. The summed E-state index contributed by atoms with van der Waals surface area (Å²) in [5.74, 6) is -0.262. The van der Waals surface area contributed by atoms with Crippen molar-refractivity contribution in [3.63, 3.8) is 0 Å². The fourth-order valence-electron chi connectivity index (χ4n) is 2.71. The number of carbonyl (C=O) groups is 1. The molecule has 0 aliphatic heterocycles. The average Bonchev–Trinajstić information content (AvgIpc) is 3.44. The molecule has 1 fully saturated rings. The van der Waals surface area contributed by atoms with E-state index in [2.05, 4.69) is 38.1 Å². The summed E-state index contributed by atoms with van der Waals surface area (Å²) in [4.78, 5) is 12.6. The van der Waals surface area contributed by atoms with Crippen molar-refractivity contribution in [2.75, 3.05) is 0 Å². The van der Waals surface area contributed by atoms with E-state index in [9.17, 15) is 13.2 Å². The van der Waals surface area contributed by atoms with Crippen molar-refractivity contribution in [1.82, 2.24) is 10.0 Å². The molecule has 27 heavy (non-hydrogen) atoms. The molecule has 3 rings (SSSR count). The molecule has 0 heterocycles. The Kier molecular flexibility index (Phi) is 6.34. The molecule has 7 heteroatoms. The Balaban J connectivity index is 1.58. The number of halogens is 1. The van der Waals surface area contributed by atoms with Gasteiger partial charge in [-0.3, -0.25) is 4.79 Å². The van der Waals surface area contributed by atoms with Crippen LogP contribution in [0.25, 0.3) is 0 Å². The minimum atomic E-state index is -3.57. The van der Waals surface area contributed by atoms with E-state index < -0.39 is 10.0 Å². The van der Waals surface area contributed by atoms with Gasteiger partial charge in [0.05, 0.1) is 4.90 Å². The lowest BCUT2D eigenvalue weighted by Crippen LogP contribution is -2.33. The highest BCUT2D eigenvalue weighted by Gasteiger charge is 2.28. The van der Waals surface area contributed by atoms with Gasteiger partial charge in [0.2, 0.25) is 10.0 Å². The molecular weight excluding hydrogens is 428 g/mol. The molecule has 144 valence electrons. The maximum atomic E-state index is 12.5. The van der Waals surface area contributed by atoms with Gasteiger partial charge >= 0.3 is 0 Å². The van der Waals surface area contributed by atoms with Crippen molar-refractivity contribution in [1.29, 1.82) is 0 Å². The van der Waals surface area contributed by atoms with E-state index >= 15 is 0 Å². The van der Waals surface area contributed by atoms with E-state index in [1.54, 1.807) is 12.1 Å². The van der Waals surface area contributed by atoms with Crippen LogP contribution in [0.3, 0.4) is 0 Å². The number of hydrogen-bond donors (Lipinski definition) is 2. The second kappa shape index (κ2) is 8.54. The summed E-state index contributed by atoms with van der Waals surface area (Å²) in [5.41, 5.74) is 1.56. The Bertz CT molecular complexity index is 909. The molecule has 0 saturated heterocycles. The predicted molar refractivity (Wildman–Crippen MR) is 109 cm³/mol. The first-order chi connectivity index (χ1) is 12.8. The molecule has 0 spiro atoms. The van der Waals surface area contributed by atoms with Crippen LogP contribution in [-0.4, -0.2) is 26.4 Å². The molecule has 1 saturated carbocycles. The van der Waals surface area contributed by atoms with Crippen molar-refractivity contribution in [2.45, 2.75) is 49.6 Å². The largest absolute Gasteiger partial charge is 0.350 e. The second-order valence-corrected chi connectivity index (χ2v) is 9.59. The predicted octanol–water partition coefficient (Wildman–Crippen LogP) is 3.64. The zero-order valence-electron chi connectivity index (χ0n) is 15.1. The van der Waals surface area contributed by atoms with Crippen LogP contribution in [0, 0.1) is 0 Å². The third-order valence-corrected chi connectivity index (χ3v) is 6.51. The van der Waals surface area contributed by atoms with Crippen LogP contribution in [0.15, 0.2) is 57.9 Å². The van der Waals surface area contributed by atoms with Gasteiger partial charge in [-0.25, -0.2) is 13.1 Å².